The van der Waals surface area contributed by atoms with Gasteiger partial charge in [-0.1, -0.05) is 12.1 Å². The van der Waals surface area contributed by atoms with Crippen LogP contribution in [0.5, 0.6) is 0 Å². The maximum atomic E-state index is 5.63. The predicted molar refractivity (Wildman–Crippen MR) is 97.7 cm³/mol. The van der Waals surface area contributed by atoms with Crippen molar-refractivity contribution in [3.63, 3.8) is 0 Å². The van der Waals surface area contributed by atoms with E-state index in [2.05, 4.69) is 34.6 Å². The molecule has 1 atom stereocenters. The van der Waals surface area contributed by atoms with E-state index in [1.165, 1.54) is 18.4 Å². The van der Waals surface area contributed by atoms with Crippen LogP contribution in [0.25, 0.3) is 0 Å². The molecule has 1 aromatic carbocycles. The Kier molecular flexibility index (Phi) is 5.31. The minimum absolute atomic E-state index is 0.227. The fourth-order valence-electron chi connectivity index (χ4n) is 3.03. The topological polar surface area (TPSA) is 40.4 Å². The smallest absolute Gasteiger partial charge is 0.170 e. The van der Waals surface area contributed by atoms with E-state index in [1.807, 2.05) is 24.3 Å². The third-order valence-electron chi connectivity index (χ3n) is 4.18. The molecule has 0 aliphatic carbocycles. The largest absolute Gasteiger partial charge is 0.468 e. The Labute approximate surface area is 142 Å². The molecule has 1 saturated heterocycles. The first-order chi connectivity index (χ1) is 11.2. The van der Waals surface area contributed by atoms with Gasteiger partial charge in [-0.3, -0.25) is 4.90 Å². The van der Waals surface area contributed by atoms with Gasteiger partial charge in [-0.2, -0.15) is 0 Å². The lowest BCUT2D eigenvalue weighted by Gasteiger charge is -2.26. The van der Waals surface area contributed by atoms with Crippen LogP contribution < -0.4 is 10.6 Å². The molecule has 1 aromatic heterocycles. The number of aryl methyl sites for hydroxylation is 1. The van der Waals surface area contributed by atoms with E-state index in [0.29, 0.717) is 5.11 Å². The number of thiocarbonyl (C=S) groups is 1. The number of hydrogen-bond donors (Lipinski definition) is 2. The third kappa shape index (κ3) is 4.33. The van der Waals surface area contributed by atoms with Gasteiger partial charge in [-0.25, -0.2) is 0 Å². The van der Waals surface area contributed by atoms with Gasteiger partial charge in [-0.05, 0) is 74.9 Å². The fourth-order valence-corrected chi connectivity index (χ4v) is 3.23. The van der Waals surface area contributed by atoms with Gasteiger partial charge >= 0.3 is 0 Å². The van der Waals surface area contributed by atoms with Gasteiger partial charge in [0, 0.05) is 12.2 Å². The Morgan fingerprint density at radius 2 is 2.09 bits per heavy atom. The molecule has 4 nitrogen and oxygen atoms in total. The van der Waals surface area contributed by atoms with Crippen molar-refractivity contribution in [2.24, 2.45) is 0 Å². The maximum Gasteiger partial charge on any atom is 0.170 e. The van der Waals surface area contributed by atoms with Crippen LogP contribution in [0.2, 0.25) is 0 Å². The molecular formula is C18H23N3OS. The summed E-state index contributed by atoms with van der Waals surface area (Å²) in [6.45, 7) is 5.05. The summed E-state index contributed by atoms with van der Waals surface area (Å²) in [5.74, 6) is 0.998. The van der Waals surface area contributed by atoms with E-state index in [9.17, 15) is 0 Å². The Hall–Kier alpha value is -1.85. The van der Waals surface area contributed by atoms with E-state index in [4.69, 9.17) is 16.6 Å². The summed E-state index contributed by atoms with van der Waals surface area (Å²) in [5, 5.41) is 7.22. The lowest BCUT2D eigenvalue weighted by molar-refractivity contribution is 0.216. The number of likely N-dealkylation sites (tertiary alicyclic amines) is 1. The molecule has 0 radical (unpaired) electrons. The summed E-state index contributed by atoms with van der Waals surface area (Å²) in [6.07, 6.45) is 4.24. The summed E-state index contributed by atoms with van der Waals surface area (Å²) in [5.41, 5.74) is 2.22. The molecule has 2 heterocycles. The van der Waals surface area contributed by atoms with Crippen LogP contribution in [0.15, 0.2) is 47.1 Å². The number of nitrogens with zero attached hydrogens (tertiary/aromatic N) is 1. The molecule has 2 N–H and O–H groups in total. The molecule has 3 rings (SSSR count). The van der Waals surface area contributed by atoms with E-state index < -0.39 is 0 Å². The molecule has 23 heavy (non-hydrogen) atoms. The first kappa shape index (κ1) is 16.0. The summed E-state index contributed by atoms with van der Waals surface area (Å²) < 4.78 is 5.63. The Morgan fingerprint density at radius 1 is 1.26 bits per heavy atom. The number of rotatable bonds is 5. The molecule has 1 fully saturated rings. The molecule has 0 saturated carbocycles. The van der Waals surface area contributed by atoms with E-state index in [1.54, 1.807) is 6.26 Å². The van der Waals surface area contributed by atoms with Crippen molar-refractivity contribution in [1.29, 1.82) is 0 Å². The first-order valence-corrected chi connectivity index (χ1v) is 8.52. The van der Waals surface area contributed by atoms with Crippen molar-refractivity contribution >= 4 is 23.0 Å². The van der Waals surface area contributed by atoms with Crippen molar-refractivity contribution in [1.82, 2.24) is 10.2 Å². The van der Waals surface area contributed by atoms with E-state index >= 15 is 0 Å². The van der Waals surface area contributed by atoms with Crippen LogP contribution in [0, 0.1) is 6.92 Å². The summed E-state index contributed by atoms with van der Waals surface area (Å²) >= 11 is 5.43. The second-order valence-electron chi connectivity index (χ2n) is 5.98. The van der Waals surface area contributed by atoms with Crippen molar-refractivity contribution in [3.05, 3.63) is 54.0 Å². The molecular weight excluding hydrogens is 306 g/mol. The lowest BCUT2D eigenvalue weighted by atomic mass is 10.2. The zero-order chi connectivity index (χ0) is 16.1. The van der Waals surface area contributed by atoms with Crippen molar-refractivity contribution in [2.45, 2.75) is 25.8 Å². The second-order valence-corrected chi connectivity index (χ2v) is 6.39. The molecule has 0 bridgehead atoms. The Morgan fingerprint density at radius 3 is 2.78 bits per heavy atom. The standard InChI is InChI=1S/C18H23N3OS/c1-14-6-4-7-15(12-14)20-18(23)19-13-16(17-8-5-11-22-17)21-9-2-3-10-21/h4-8,11-12,16H,2-3,9-10,13H2,1H3,(H2,19,20,23)/t16-/m0/s1. The number of hydrogen-bond acceptors (Lipinski definition) is 3. The zero-order valence-electron chi connectivity index (χ0n) is 13.4. The molecule has 1 aliphatic heterocycles. The van der Waals surface area contributed by atoms with Crippen molar-refractivity contribution in [2.75, 3.05) is 25.0 Å². The van der Waals surface area contributed by atoms with Gasteiger partial charge in [0.25, 0.3) is 0 Å². The first-order valence-electron chi connectivity index (χ1n) is 8.11. The van der Waals surface area contributed by atoms with Crippen LogP contribution in [0.4, 0.5) is 5.69 Å². The number of anilines is 1. The summed E-state index contributed by atoms with van der Waals surface area (Å²) in [4.78, 5) is 2.46. The van der Waals surface area contributed by atoms with Gasteiger partial charge in [0.2, 0.25) is 0 Å². The zero-order valence-corrected chi connectivity index (χ0v) is 14.2. The highest BCUT2D eigenvalue weighted by atomic mass is 32.1. The summed E-state index contributed by atoms with van der Waals surface area (Å²) in [7, 11) is 0. The maximum absolute atomic E-state index is 5.63. The van der Waals surface area contributed by atoms with Gasteiger partial charge in [-0.15, -0.1) is 0 Å². The minimum Gasteiger partial charge on any atom is -0.468 e. The van der Waals surface area contributed by atoms with Crippen LogP contribution in [-0.2, 0) is 0 Å². The lowest BCUT2D eigenvalue weighted by Crippen LogP contribution is -2.38. The normalized spacial score (nSPS) is 16.2. The van der Waals surface area contributed by atoms with Gasteiger partial charge in [0.05, 0.1) is 12.3 Å². The Bertz CT molecular complexity index is 635. The van der Waals surface area contributed by atoms with Crippen LogP contribution in [-0.4, -0.2) is 29.6 Å². The van der Waals surface area contributed by atoms with Crippen LogP contribution in [0.1, 0.15) is 30.2 Å². The number of furan rings is 1. The molecule has 0 amide bonds. The highest BCUT2D eigenvalue weighted by molar-refractivity contribution is 7.80. The van der Waals surface area contributed by atoms with E-state index in [0.717, 1.165) is 31.1 Å². The van der Waals surface area contributed by atoms with Crippen molar-refractivity contribution < 1.29 is 4.42 Å². The SMILES string of the molecule is Cc1cccc(NC(=S)NC[C@@H](c2ccco2)N2CCCC2)c1. The second kappa shape index (κ2) is 7.62. The molecule has 1 aliphatic rings. The molecule has 5 heteroatoms. The Balaban J connectivity index is 1.59. The average Bonchev–Trinajstić information content (AvgIpc) is 3.21. The fraction of sp³-hybridized carbons (Fsp3) is 0.389. The highest BCUT2D eigenvalue weighted by Gasteiger charge is 2.25. The molecule has 0 spiro atoms. The number of benzene rings is 1. The molecule has 122 valence electrons. The molecule has 0 unspecified atom stereocenters. The third-order valence-corrected chi connectivity index (χ3v) is 4.43. The quantitative estimate of drug-likeness (QED) is 0.818. The molecule has 2 aromatic rings. The van der Waals surface area contributed by atoms with Crippen LogP contribution in [0.3, 0.4) is 0 Å². The highest BCUT2D eigenvalue weighted by Crippen LogP contribution is 2.24. The number of nitrogens with one attached hydrogen (secondary N) is 2. The van der Waals surface area contributed by atoms with Gasteiger partial charge in [0.1, 0.15) is 5.76 Å². The van der Waals surface area contributed by atoms with Crippen LogP contribution >= 0.6 is 12.2 Å². The average molecular weight is 329 g/mol. The summed E-state index contributed by atoms with van der Waals surface area (Å²) in [6, 6.07) is 12.4. The monoisotopic (exact) mass is 329 g/mol. The minimum atomic E-state index is 0.227. The van der Waals surface area contributed by atoms with Gasteiger partial charge in [0.15, 0.2) is 5.11 Å². The van der Waals surface area contributed by atoms with Gasteiger partial charge < -0.3 is 15.1 Å². The predicted octanol–water partition coefficient (Wildman–Crippen LogP) is 3.71. The van der Waals surface area contributed by atoms with E-state index in [-0.39, 0.29) is 6.04 Å². The van der Waals surface area contributed by atoms with Crippen molar-refractivity contribution in [3.8, 4) is 0 Å².